The van der Waals surface area contributed by atoms with Crippen LogP contribution in [0.5, 0.6) is 0 Å². The molecule has 0 unspecified atom stereocenters. The summed E-state index contributed by atoms with van der Waals surface area (Å²) in [7, 11) is 0. The molecular weight excluding hydrogens is 304 g/mol. The van der Waals surface area contributed by atoms with E-state index in [0.29, 0.717) is 19.1 Å². The number of nitrogens with one attached hydrogen (secondary N) is 1. The zero-order valence-corrected chi connectivity index (χ0v) is 14.7. The Kier molecular flexibility index (Phi) is 5.68. The van der Waals surface area contributed by atoms with Gasteiger partial charge < -0.3 is 15.0 Å². The van der Waals surface area contributed by atoms with Gasteiger partial charge in [0, 0.05) is 44.5 Å². The molecule has 6 nitrogen and oxygen atoms in total. The highest BCUT2D eigenvalue weighted by Crippen LogP contribution is 2.17. The van der Waals surface area contributed by atoms with Gasteiger partial charge in [0.25, 0.3) is 0 Å². The van der Waals surface area contributed by atoms with Crippen LogP contribution in [0.4, 0.5) is 5.82 Å². The van der Waals surface area contributed by atoms with Crippen molar-refractivity contribution in [3.05, 3.63) is 23.9 Å². The summed E-state index contributed by atoms with van der Waals surface area (Å²) >= 11 is 0. The molecule has 24 heavy (non-hydrogen) atoms. The van der Waals surface area contributed by atoms with E-state index in [2.05, 4.69) is 33.1 Å². The summed E-state index contributed by atoms with van der Waals surface area (Å²) < 4.78 is 5.55. The molecule has 2 saturated heterocycles. The topological polar surface area (TPSA) is 57.7 Å². The van der Waals surface area contributed by atoms with Gasteiger partial charge in [0.2, 0.25) is 5.91 Å². The van der Waals surface area contributed by atoms with E-state index in [0.717, 1.165) is 50.6 Å². The van der Waals surface area contributed by atoms with Crippen LogP contribution >= 0.6 is 0 Å². The fraction of sp³-hybridized carbons (Fsp3) is 0.667. The number of ether oxygens (including phenoxy) is 1. The molecule has 1 N–H and O–H groups in total. The van der Waals surface area contributed by atoms with Gasteiger partial charge in [-0.2, -0.15) is 0 Å². The first-order chi connectivity index (χ1) is 11.6. The molecule has 0 saturated carbocycles. The summed E-state index contributed by atoms with van der Waals surface area (Å²) in [5.74, 6) is 1.13. The van der Waals surface area contributed by atoms with E-state index in [1.807, 2.05) is 19.1 Å². The van der Waals surface area contributed by atoms with Crippen LogP contribution in [-0.2, 0) is 9.53 Å². The van der Waals surface area contributed by atoms with Crippen molar-refractivity contribution in [1.29, 1.82) is 0 Å². The Labute approximate surface area is 144 Å². The number of anilines is 1. The van der Waals surface area contributed by atoms with E-state index < -0.39 is 0 Å². The van der Waals surface area contributed by atoms with Gasteiger partial charge in [-0.05, 0) is 38.8 Å². The van der Waals surface area contributed by atoms with E-state index in [-0.39, 0.29) is 12.0 Å². The van der Waals surface area contributed by atoms with Crippen molar-refractivity contribution in [1.82, 2.24) is 15.2 Å². The van der Waals surface area contributed by atoms with E-state index in [1.165, 1.54) is 0 Å². The molecule has 0 bridgehead atoms. The third kappa shape index (κ3) is 4.45. The third-order valence-corrected chi connectivity index (χ3v) is 4.86. The van der Waals surface area contributed by atoms with Gasteiger partial charge in [-0.1, -0.05) is 6.07 Å². The van der Waals surface area contributed by atoms with Gasteiger partial charge in [0.05, 0.1) is 12.6 Å². The van der Waals surface area contributed by atoms with E-state index in [9.17, 15) is 4.79 Å². The number of rotatable bonds is 5. The van der Waals surface area contributed by atoms with Crippen LogP contribution in [0.2, 0.25) is 0 Å². The first kappa shape index (κ1) is 17.2. The van der Waals surface area contributed by atoms with E-state index >= 15 is 0 Å². The molecule has 3 heterocycles. The summed E-state index contributed by atoms with van der Waals surface area (Å²) in [4.78, 5) is 21.3. The second kappa shape index (κ2) is 7.94. The quantitative estimate of drug-likeness (QED) is 0.878. The van der Waals surface area contributed by atoms with E-state index in [1.54, 1.807) is 0 Å². The number of amides is 1. The number of nitrogens with zero attached hydrogens (tertiary/aromatic N) is 3. The van der Waals surface area contributed by atoms with Crippen LogP contribution in [0.1, 0.15) is 25.5 Å². The molecule has 0 aliphatic carbocycles. The standard InChI is InChI=1S/C18H28N4O2/c1-14-5-3-7-17(20-14)22-9-8-21(15(2)12-22)13-18(23)19-11-16-6-4-10-24-16/h3,5,7,15-16H,4,6,8-13H2,1-2H3,(H,19,23)/t15-,16+/m0/s1. The maximum atomic E-state index is 12.2. The van der Waals surface area contributed by atoms with Crippen molar-refractivity contribution in [3.63, 3.8) is 0 Å². The highest BCUT2D eigenvalue weighted by atomic mass is 16.5. The van der Waals surface area contributed by atoms with Gasteiger partial charge in [0.15, 0.2) is 0 Å². The third-order valence-electron chi connectivity index (χ3n) is 4.86. The average molecular weight is 332 g/mol. The smallest absolute Gasteiger partial charge is 0.234 e. The second-order valence-corrected chi connectivity index (χ2v) is 6.84. The molecule has 2 aliphatic heterocycles. The molecule has 6 heteroatoms. The zero-order chi connectivity index (χ0) is 16.9. The van der Waals surface area contributed by atoms with Crippen molar-refractivity contribution in [2.45, 2.75) is 38.8 Å². The number of carbonyl (C=O) groups excluding carboxylic acids is 1. The molecular formula is C18H28N4O2. The molecule has 2 fully saturated rings. The first-order valence-corrected chi connectivity index (χ1v) is 8.93. The Morgan fingerprint density at radius 2 is 2.29 bits per heavy atom. The van der Waals surface area contributed by atoms with Crippen LogP contribution in [0.15, 0.2) is 18.2 Å². The lowest BCUT2D eigenvalue weighted by atomic mass is 10.2. The van der Waals surface area contributed by atoms with Crippen LogP contribution in [0.3, 0.4) is 0 Å². The van der Waals surface area contributed by atoms with Crippen LogP contribution < -0.4 is 10.2 Å². The molecule has 0 aromatic carbocycles. The minimum absolute atomic E-state index is 0.0967. The minimum Gasteiger partial charge on any atom is -0.376 e. The largest absolute Gasteiger partial charge is 0.376 e. The highest BCUT2D eigenvalue weighted by molar-refractivity contribution is 5.78. The Bertz CT molecular complexity index is 560. The maximum Gasteiger partial charge on any atom is 0.234 e. The SMILES string of the molecule is Cc1cccc(N2CCN(CC(=O)NC[C@H]3CCCO3)[C@@H](C)C2)n1. The van der Waals surface area contributed by atoms with Gasteiger partial charge in [-0.3, -0.25) is 9.69 Å². The first-order valence-electron chi connectivity index (χ1n) is 8.93. The Morgan fingerprint density at radius 3 is 3.00 bits per heavy atom. The highest BCUT2D eigenvalue weighted by Gasteiger charge is 2.26. The lowest BCUT2D eigenvalue weighted by Crippen LogP contribution is -2.54. The van der Waals surface area contributed by atoms with Crippen LogP contribution in [0, 0.1) is 6.92 Å². The number of piperazine rings is 1. The Hall–Kier alpha value is -1.66. The zero-order valence-electron chi connectivity index (χ0n) is 14.7. The molecule has 132 valence electrons. The summed E-state index contributed by atoms with van der Waals surface area (Å²) in [5.41, 5.74) is 1.04. The molecule has 1 aromatic heterocycles. The lowest BCUT2D eigenvalue weighted by molar-refractivity contribution is -0.123. The number of carbonyl (C=O) groups is 1. The van der Waals surface area contributed by atoms with Crippen molar-refractivity contribution >= 4 is 11.7 Å². The van der Waals surface area contributed by atoms with Crippen molar-refractivity contribution in [3.8, 4) is 0 Å². The normalized spacial score (nSPS) is 25.0. The monoisotopic (exact) mass is 332 g/mol. The Morgan fingerprint density at radius 1 is 1.42 bits per heavy atom. The molecule has 1 amide bonds. The van der Waals surface area contributed by atoms with Crippen LogP contribution in [-0.4, -0.2) is 67.3 Å². The van der Waals surface area contributed by atoms with Crippen molar-refractivity contribution in [2.75, 3.05) is 44.2 Å². The number of hydrogen-bond acceptors (Lipinski definition) is 5. The predicted octanol–water partition coefficient (Wildman–Crippen LogP) is 1.20. The molecule has 1 aromatic rings. The number of pyridine rings is 1. The lowest BCUT2D eigenvalue weighted by Gasteiger charge is -2.40. The average Bonchev–Trinajstić information content (AvgIpc) is 3.08. The summed E-state index contributed by atoms with van der Waals surface area (Å²) in [5, 5.41) is 3.01. The molecule has 2 aliphatic rings. The maximum absolute atomic E-state index is 12.2. The number of aromatic nitrogens is 1. The summed E-state index contributed by atoms with van der Waals surface area (Å²) in [6, 6.07) is 6.45. The fourth-order valence-corrected chi connectivity index (χ4v) is 3.42. The van der Waals surface area contributed by atoms with E-state index in [4.69, 9.17) is 4.74 Å². The van der Waals surface area contributed by atoms with Gasteiger partial charge >= 0.3 is 0 Å². The Balaban J connectivity index is 1.46. The molecule has 2 atom stereocenters. The van der Waals surface area contributed by atoms with Gasteiger partial charge in [0.1, 0.15) is 5.82 Å². The van der Waals surface area contributed by atoms with Crippen LogP contribution in [0.25, 0.3) is 0 Å². The van der Waals surface area contributed by atoms with Gasteiger partial charge in [-0.25, -0.2) is 4.98 Å². The molecule has 0 radical (unpaired) electrons. The second-order valence-electron chi connectivity index (χ2n) is 6.84. The summed E-state index contributed by atoms with van der Waals surface area (Å²) in [6.45, 7) is 8.80. The number of aryl methyl sites for hydroxylation is 1. The molecule has 0 spiro atoms. The fourth-order valence-electron chi connectivity index (χ4n) is 3.42. The van der Waals surface area contributed by atoms with Crippen molar-refractivity contribution < 1.29 is 9.53 Å². The van der Waals surface area contributed by atoms with Gasteiger partial charge in [-0.15, -0.1) is 0 Å². The predicted molar refractivity (Wildman–Crippen MR) is 94.2 cm³/mol. The summed E-state index contributed by atoms with van der Waals surface area (Å²) in [6.07, 6.45) is 2.36. The molecule has 3 rings (SSSR count). The number of hydrogen-bond donors (Lipinski definition) is 1. The minimum atomic E-state index is 0.0967. The van der Waals surface area contributed by atoms with Crippen molar-refractivity contribution in [2.24, 2.45) is 0 Å².